The first kappa shape index (κ1) is 30.3. The van der Waals surface area contributed by atoms with E-state index in [2.05, 4.69) is 0 Å². The number of aromatic hydroxyl groups is 1. The number of alkyl halides is 2. The number of nitro groups is 1. The number of amides is 4. The molecule has 3 aromatic rings. The summed E-state index contributed by atoms with van der Waals surface area (Å²) in [5, 5.41) is 21.3. The molecule has 2 aliphatic heterocycles. The van der Waals surface area contributed by atoms with Crippen molar-refractivity contribution in [1.82, 2.24) is 0 Å². The molecule has 2 saturated heterocycles. The molecular formula is C32H21Cl3FN3O7. The number of non-ortho nitro benzene ring substituents is 1. The van der Waals surface area contributed by atoms with Crippen LogP contribution in [0.4, 0.5) is 21.5 Å². The van der Waals surface area contributed by atoms with Gasteiger partial charge in [0.25, 0.3) is 17.5 Å². The summed E-state index contributed by atoms with van der Waals surface area (Å²) >= 11 is 21.2. The molecule has 6 atom stereocenters. The molecule has 10 nitrogen and oxygen atoms in total. The third kappa shape index (κ3) is 4.01. The molecule has 0 radical (unpaired) electrons. The highest BCUT2D eigenvalue weighted by molar-refractivity contribution is 6.58. The van der Waals surface area contributed by atoms with Gasteiger partial charge < -0.3 is 5.11 Å². The predicted octanol–water partition coefficient (Wildman–Crippen LogP) is 5.86. The summed E-state index contributed by atoms with van der Waals surface area (Å²) in [6.07, 6.45) is 1.51. The van der Waals surface area contributed by atoms with Crippen LogP contribution in [0.2, 0.25) is 5.02 Å². The average molecular weight is 685 g/mol. The number of imide groups is 2. The van der Waals surface area contributed by atoms with E-state index in [9.17, 15) is 38.8 Å². The highest BCUT2D eigenvalue weighted by Crippen LogP contribution is 2.66. The molecule has 4 amide bonds. The minimum absolute atomic E-state index is 0.0227. The van der Waals surface area contributed by atoms with Crippen LogP contribution in [0, 0.1) is 33.7 Å². The second-order valence-corrected chi connectivity index (χ2v) is 13.4. The second-order valence-electron chi connectivity index (χ2n) is 11.7. The molecule has 6 unspecified atom stereocenters. The Hall–Kier alpha value is -4.32. The summed E-state index contributed by atoms with van der Waals surface area (Å²) in [6, 6.07) is 13.7. The molecule has 2 heterocycles. The Labute approximate surface area is 275 Å². The van der Waals surface area contributed by atoms with Gasteiger partial charge in [-0.05, 0) is 72.9 Å². The largest absolute Gasteiger partial charge is 0.508 e. The van der Waals surface area contributed by atoms with Crippen molar-refractivity contribution in [1.29, 1.82) is 0 Å². The lowest BCUT2D eigenvalue weighted by Crippen LogP contribution is -2.60. The quantitative estimate of drug-likeness (QED) is 0.119. The minimum atomic E-state index is -2.18. The molecule has 3 aromatic carbocycles. The van der Waals surface area contributed by atoms with Gasteiger partial charge in [-0.25, -0.2) is 9.29 Å². The molecule has 14 heteroatoms. The van der Waals surface area contributed by atoms with Crippen molar-refractivity contribution in [3.05, 3.63) is 105 Å². The number of allylic oxidation sites excluding steroid dienone is 2. The first-order valence-electron chi connectivity index (χ1n) is 14.1. The van der Waals surface area contributed by atoms with Crippen LogP contribution in [0.3, 0.4) is 0 Å². The molecule has 234 valence electrons. The van der Waals surface area contributed by atoms with Gasteiger partial charge in [-0.3, -0.25) is 34.2 Å². The number of phenolic OH excluding ortho intramolecular Hbond substituents is 1. The maximum atomic E-state index is 14.4. The van der Waals surface area contributed by atoms with Gasteiger partial charge >= 0.3 is 0 Å². The van der Waals surface area contributed by atoms with Gasteiger partial charge in [0.15, 0.2) is 9.75 Å². The number of carbonyl (C=O) groups excluding carboxylic acids is 4. The average Bonchev–Trinajstić information content (AvgIpc) is 3.36. The van der Waals surface area contributed by atoms with Crippen molar-refractivity contribution in [2.45, 2.75) is 28.5 Å². The van der Waals surface area contributed by atoms with Crippen molar-refractivity contribution in [3.8, 4) is 5.75 Å². The van der Waals surface area contributed by atoms with Gasteiger partial charge in [-0.15, -0.1) is 23.2 Å². The van der Waals surface area contributed by atoms with Crippen molar-refractivity contribution in [2.75, 3.05) is 9.80 Å². The molecule has 4 aliphatic rings. The zero-order chi connectivity index (χ0) is 32.9. The van der Waals surface area contributed by atoms with E-state index in [4.69, 9.17) is 34.8 Å². The summed E-state index contributed by atoms with van der Waals surface area (Å²) in [4.78, 5) is 64.5. The maximum absolute atomic E-state index is 14.4. The fraction of sp³-hybridized carbons (Fsp3) is 0.250. The van der Waals surface area contributed by atoms with Gasteiger partial charge in [0, 0.05) is 23.1 Å². The van der Waals surface area contributed by atoms with Crippen LogP contribution in [-0.4, -0.2) is 43.4 Å². The fourth-order valence-electron chi connectivity index (χ4n) is 7.47. The Morgan fingerprint density at radius 1 is 0.870 bits per heavy atom. The smallest absolute Gasteiger partial charge is 0.269 e. The first-order chi connectivity index (χ1) is 21.8. The summed E-state index contributed by atoms with van der Waals surface area (Å²) < 4.78 is 13.8. The Morgan fingerprint density at radius 3 is 2.13 bits per heavy atom. The summed E-state index contributed by atoms with van der Waals surface area (Å²) in [5.74, 6) is -7.55. The number of rotatable bonds is 4. The van der Waals surface area contributed by atoms with E-state index in [0.717, 1.165) is 21.9 Å². The van der Waals surface area contributed by atoms with Crippen molar-refractivity contribution >= 4 is 75.5 Å². The van der Waals surface area contributed by atoms with Crippen LogP contribution in [0.25, 0.3) is 0 Å². The molecule has 3 fully saturated rings. The molecule has 46 heavy (non-hydrogen) atoms. The highest BCUT2D eigenvalue weighted by Gasteiger charge is 2.76. The van der Waals surface area contributed by atoms with Gasteiger partial charge in [0.05, 0.1) is 28.1 Å². The fourth-order valence-corrected chi connectivity index (χ4v) is 8.68. The number of phenols is 1. The van der Waals surface area contributed by atoms with Gasteiger partial charge in [0.2, 0.25) is 11.8 Å². The number of hydrogen-bond donors (Lipinski definition) is 1. The SMILES string of the molecule is O=C1C2CC=C3C(CC4(Cl)C(=O)N(c5ccc(F)cc5)C(=O)C4(Cl)C3c3ccc(O)cc3Cl)C2C(=O)N1c1ccc([N+](=O)[O-])cc1. The van der Waals surface area contributed by atoms with E-state index in [1.165, 1.54) is 54.6 Å². The van der Waals surface area contributed by atoms with Crippen LogP contribution in [0.5, 0.6) is 5.75 Å². The number of nitro benzene ring substituents is 1. The normalized spacial score (nSPS) is 30.2. The minimum Gasteiger partial charge on any atom is -0.508 e. The molecule has 0 spiro atoms. The van der Waals surface area contributed by atoms with Crippen LogP contribution in [-0.2, 0) is 19.2 Å². The molecule has 1 saturated carbocycles. The molecule has 0 aromatic heterocycles. The molecule has 2 aliphatic carbocycles. The number of anilines is 2. The Bertz CT molecular complexity index is 1920. The zero-order valence-corrected chi connectivity index (χ0v) is 25.7. The van der Waals surface area contributed by atoms with Crippen LogP contribution in [0.15, 0.2) is 78.4 Å². The summed E-state index contributed by atoms with van der Waals surface area (Å²) in [6.45, 7) is 0. The van der Waals surface area contributed by atoms with Crippen molar-refractivity contribution < 1.29 is 33.6 Å². The number of fused-ring (bicyclic) bond motifs is 4. The molecule has 1 N–H and O–H groups in total. The Kier molecular flexibility index (Phi) is 6.82. The lowest BCUT2D eigenvalue weighted by Gasteiger charge is -2.50. The third-order valence-corrected chi connectivity index (χ3v) is 11.3. The van der Waals surface area contributed by atoms with E-state index in [1.54, 1.807) is 6.08 Å². The summed E-state index contributed by atoms with van der Waals surface area (Å²) in [7, 11) is 0. The second kappa shape index (κ2) is 10.3. The number of benzene rings is 3. The number of halogens is 4. The topological polar surface area (TPSA) is 138 Å². The van der Waals surface area contributed by atoms with Crippen LogP contribution in [0.1, 0.15) is 24.3 Å². The van der Waals surface area contributed by atoms with Gasteiger partial charge in [0.1, 0.15) is 11.6 Å². The zero-order valence-electron chi connectivity index (χ0n) is 23.4. The van der Waals surface area contributed by atoms with Gasteiger partial charge in [-0.1, -0.05) is 29.3 Å². The Morgan fingerprint density at radius 2 is 1.50 bits per heavy atom. The van der Waals surface area contributed by atoms with E-state index >= 15 is 0 Å². The number of hydrogen-bond acceptors (Lipinski definition) is 7. The van der Waals surface area contributed by atoms with Crippen LogP contribution >= 0.6 is 34.8 Å². The van der Waals surface area contributed by atoms with E-state index < -0.39 is 67.8 Å². The van der Waals surface area contributed by atoms with E-state index in [1.807, 2.05) is 0 Å². The van der Waals surface area contributed by atoms with Gasteiger partial charge in [-0.2, -0.15) is 0 Å². The van der Waals surface area contributed by atoms with Crippen LogP contribution < -0.4 is 9.80 Å². The monoisotopic (exact) mass is 683 g/mol. The predicted molar refractivity (Wildman–Crippen MR) is 165 cm³/mol. The van der Waals surface area contributed by atoms with Crippen molar-refractivity contribution in [2.24, 2.45) is 17.8 Å². The van der Waals surface area contributed by atoms with Crippen molar-refractivity contribution in [3.63, 3.8) is 0 Å². The standard InChI is InChI=1S/C32H21Cl3FN3O7/c33-24-13-19(40)9-10-21(24)26-20-11-12-22-25(28(42)37(27(22)41)16-5-7-18(8-6-16)39(45)46)23(20)14-31(34)29(43)38(30(44)32(26,31)35)17-3-1-15(36)2-4-17/h1-11,13,22-23,25-26,40H,12,14H2. The maximum Gasteiger partial charge on any atom is 0.269 e. The molecule has 0 bridgehead atoms. The number of nitrogens with zero attached hydrogens (tertiary/aromatic N) is 3. The lowest BCUT2D eigenvalue weighted by molar-refractivity contribution is -0.384. The molecule has 7 rings (SSSR count). The first-order valence-corrected chi connectivity index (χ1v) is 15.3. The third-order valence-electron chi connectivity index (χ3n) is 9.51. The van der Waals surface area contributed by atoms with E-state index in [0.29, 0.717) is 5.57 Å². The highest BCUT2D eigenvalue weighted by atomic mass is 35.5. The summed E-state index contributed by atoms with van der Waals surface area (Å²) in [5.41, 5.74) is 0.705. The lowest BCUT2D eigenvalue weighted by atomic mass is 9.56. The number of carbonyl (C=O) groups is 4. The Balaban J connectivity index is 1.38. The molecular weight excluding hydrogens is 664 g/mol. The van der Waals surface area contributed by atoms with E-state index in [-0.39, 0.29) is 46.2 Å².